The minimum atomic E-state index is -0.689. The predicted octanol–water partition coefficient (Wildman–Crippen LogP) is 1.19. The summed E-state index contributed by atoms with van der Waals surface area (Å²) in [6, 6.07) is 9.57. The van der Waals surface area contributed by atoms with Crippen molar-refractivity contribution in [3.05, 3.63) is 48.3 Å². The number of carbonyl (C=O) groups is 2. The molecule has 2 rings (SSSR count). The lowest BCUT2D eigenvalue weighted by Gasteiger charge is -2.06. The summed E-state index contributed by atoms with van der Waals surface area (Å²) in [5.74, 6) is -0.351. The maximum atomic E-state index is 11.6. The molecule has 1 aromatic carbocycles. The van der Waals surface area contributed by atoms with E-state index in [0.717, 1.165) is 11.3 Å². The highest BCUT2D eigenvalue weighted by Crippen LogP contribution is 2.07. The number of carbonyl (C=O) groups excluding carboxylic acids is 2. The molecule has 2 N–H and O–H groups in total. The summed E-state index contributed by atoms with van der Waals surface area (Å²) in [5, 5.41) is 4.19. The Morgan fingerprint density at radius 2 is 2.00 bits per heavy atom. The maximum absolute atomic E-state index is 11.6. The van der Waals surface area contributed by atoms with Crippen molar-refractivity contribution >= 4 is 12.0 Å². The van der Waals surface area contributed by atoms with Crippen molar-refractivity contribution in [3.63, 3.8) is 0 Å². The second kappa shape index (κ2) is 7.09. The Balaban J connectivity index is 1.88. The molecule has 0 radical (unpaired) electrons. The number of ether oxygens (including phenoxy) is 1. The molecule has 0 aliphatic rings. The van der Waals surface area contributed by atoms with Gasteiger partial charge in [0.2, 0.25) is 5.91 Å². The monoisotopic (exact) mass is 288 g/mol. The van der Waals surface area contributed by atoms with Crippen LogP contribution >= 0.6 is 0 Å². The van der Waals surface area contributed by atoms with E-state index in [1.807, 2.05) is 30.3 Å². The fraction of sp³-hybridized carbons (Fsp3) is 0.214. The second-order valence-electron chi connectivity index (χ2n) is 4.20. The van der Waals surface area contributed by atoms with Crippen LogP contribution in [0.2, 0.25) is 0 Å². The molecule has 0 unspecified atom stereocenters. The van der Waals surface area contributed by atoms with E-state index in [9.17, 15) is 9.59 Å². The third-order valence-corrected chi connectivity index (χ3v) is 2.60. The van der Waals surface area contributed by atoms with Gasteiger partial charge in [-0.3, -0.25) is 10.2 Å². The van der Waals surface area contributed by atoms with Crippen molar-refractivity contribution in [3.8, 4) is 5.69 Å². The number of rotatable bonds is 4. The highest BCUT2D eigenvalue weighted by atomic mass is 16.5. The summed E-state index contributed by atoms with van der Waals surface area (Å²) in [6.07, 6.45) is 2.79. The second-order valence-corrected chi connectivity index (χ2v) is 4.20. The Morgan fingerprint density at radius 1 is 1.24 bits per heavy atom. The number of hydrazine groups is 1. The largest absolute Gasteiger partial charge is 0.449 e. The lowest BCUT2D eigenvalue weighted by Crippen LogP contribution is -2.42. The summed E-state index contributed by atoms with van der Waals surface area (Å²) in [5.41, 5.74) is 6.07. The molecule has 2 aromatic rings. The smallest absolute Gasteiger partial charge is 0.426 e. The Hall–Kier alpha value is -2.83. The fourth-order valence-corrected chi connectivity index (χ4v) is 1.69. The van der Waals surface area contributed by atoms with Crippen LogP contribution in [0.15, 0.2) is 42.7 Å². The minimum Gasteiger partial charge on any atom is -0.449 e. The van der Waals surface area contributed by atoms with Gasteiger partial charge in [0.1, 0.15) is 0 Å². The number of para-hydroxylation sites is 1. The molecule has 0 aliphatic heterocycles. The number of nitrogens with zero attached hydrogens (tertiary/aromatic N) is 2. The zero-order chi connectivity index (χ0) is 15.1. The number of nitrogens with one attached hydrogen (secondary N) is 2. The molecule has 0 bridgehead atoms. The summed E-state index contributed by atoms with van der Waals surface area (Å²) in [7, 11) is 0. The van der Waals surface area contributed by atoms with E-state index in [1.165, 1.54) is 0 Å². The van der Waals surface area contributed by atoms with Crippen molar-refractivity contribution in [2.24, 2.45) is 0 Å². The molecule has 1 heterocycles. The van der Waals surface area contributed by atoms with Gasteiger partial charge in [-0.15, -0.1) is 0 Å². The average Bonchev–Trinajstić information content (AvgIpc) is 2.95. The van der Waals surface area contributed by atoms with Crippen LogP contribution in [0, 0.1) is 0 Å². The van der Waals surface area contributed by atoms with Gasteiger partial charge in [0.25, 0.3) is 0 Å². The number of benzene rings is 1. The van der Waals surface area contributed by atoms with E-state index >= 15 is 0 Å². The van der Waals surface area contributed by atoms with Crippen LogP contribution in [0.4, 0.5) is 4.79 Å². The zero-order valence-corrected chi connectivity index (χ0v) is 11.6. The molecule has 7 nitrogen and oxygen atoms in total. The Morgan fingerprint density at radius 3 is 2.71 bits per heavy atom. The first-order chi connectivity index (χ1) is 10.2. The Labute approximate surface area is 121 Å². The number of hydrogen-bond acceptors (Lipinski definition) is 4. The highest BCUT2D eigenvalue weighted by Gasteiger charge is 2.08. The fourth-order valence-electron chi connectivity index (χ4n) is 1.69. The molecule has 21 heavy (non-hydrogen) atoms. The lowest BCUT2D eigenvalue weighted by atomic mass is 10.2. The molecular weight excluding hydrogens is 272 g/mol. The summed E-state index contributed by atoms with van der Waals surface area (Å²) in [6.45, 7) is 1.92. The Kier molecular flexibility index (Phi) is 4.92. The molecule has 1 aromatic heterocycles. The van der Waals surface area contributed by atoms with Gasteiger partial charge < -0.3 is 4.74 Å². The molecule has 110 valence electrons. The van der Waals surface area contributed by atoms with Crippen LogP contribution in [0.5, 0.6) is 0 Å². The van der Waals surface area contributed by atoms with E-state index in [2.05, 4.69) is 20.7 Å². The molecule has 0 aliphatic carbocycles. The standard InChI is InChI=1S/C14H16N4O3/c1-2-21-14(20)17-16-13(19)8-11-9-15-18(10-11)12-6-4-3-5-7-12/h3-7,9-10H,2,8H2,1H3,(H,16,19)(H,17,20). The molecular formula is C14H16N4O3. The van der Waals surface area contributed by atoms with E-state index in [0.29, 0.717) is 0 Å². The van der Waals surface area contributed by atoms with Crippen LogP contribution in [0.25, 0.3) is 5.69 Å². The van der Waals surface area contributed by atoms with Crippen molar-refractivity contribution in [2.45, 2.75) is 13.3 Å². The Bertz CT molecular complexity index is 610. The normalized spacial score (nSPS) is 9.95. The predicted molar refractivity (Wildman–Crippen MR) is 75.6 cm³/mol. The molecule has 0 atom stereocenters. The van der Waals surface area contributed by atoms with Gasteiger partial charge in [-0.05, 0) is 24.6 Å². The molecule has 0 saturated heterocycles. The molecule has 0 saturated carbocycles. The van der Waals surface area contributed by atoms with Crippen LogP contribution < -0.4 is 10.9 Å². The maximum Gasteiger partial charge on any atom is 0.426 e. The number of amides is 2. The van der Waals surface area contributed by atoms with Crippen LogP contribution in [0.1, 0.15) is 12.5 Å². The topological polar surface area (TPSA) is 85.2 Å². The first kappa shape index (κ1) is 14.6. The van der Waals surface area contributed by atoms with Gasteiger partial charge in [-0.25, -0.2) is 14.9 Å². The van der Waals surface area contributed by atoms with Gasteiger partial charge in [-0.1, -0.05) is 18.2 Å². The van der Waals surface area contributed by atoms with Gasteiger partial charge in [-0.2, -0.15) is 5.10 Å². The third-order valence-electron chi connectivity index (χ3n) is 2.60. The highest BCUT2D eigenvalue weighted by molar-refractivity contribution is 5.80. The summed E-state index contributed by atoms with van der Waals surface area (Å²) in [4.78, 5) is 22.7. The van der Waals surface area contributed by atoms with Crippen LogP contribution in [-0.2, 0) is 16.0 Å². The van der Waals surface area contributed by atoms with Crippen molar-refractivity contribution < 1.29 is 14.3 Å². The molecule has 7 heteroatoms. The first-order valence-corrected chi connectivity index (χ1v) is 6.49. The van der Waals surface area contributed by atoms with Gasteiger partial charge >= 0.3 is 6.09 Å². The molecule has 0 fully saturated rings. The van der Waals surface area contributed by atoms with E-state index < -0.39 is 6.09 Å². The summed E-state index contributed by atoms with van der Waals surface area (Å²) < 4.78 is 6.31. The first-order valence-electron chi connectivity index (χ1n) is 6.49. The van der Waals surface area contributed by atoms with Crippen LogP contribution in [-0.4, -0.2) is 28.4 Å². The molecule has 2 amide bonds. The van der Waals surface area contributed by atoms with Crippen molar-refractivity contribution in [1.29, 1.82) is 0 Å². The summed E-state index contributed by atoms with van der Waals surface area (Å²) >= 11 is 0. The van der Waals surface area contributed by atoms with E-state index in [-0.39, 0.29) is 18.9 Å². The average molecular weight is 288 g/mol. The van der Waals surface area contributed by atoms with Gasteiger partial charge in [0.15, 0.2) is 0 Å². The van der Waals surface area contributed by atoms with Crippen molar-refractivity contribution in [1.82, 2.24) is 20.6 Å². The van der Waals surface area contributed by atoms with Crippen molar-refractivity contribution in [2.75, 3.05) is 6.61 Å². The minimum absolute atomic E-state index is 0.110. The zero-order valence-electron chi connectivity index (χ0n) is 11.6. The molecule has 0 spiro atoms. The third kappa shape index (κ3) is 4.34. The van der Waals surface area contributed by atoms with E-state index in [1.54, 1.807) is 24.0 Å². The number of aromatic nitrogens is 2. The quantitative estimate of drug-likeness (QED) is 0.828. The van der Waals surface area contributed by atoms with Gasteiger partial charge in [0, 0.05) is 6.20 Å². The van der Waals surface area contributed by atoms with Crippen LogP contribution in [0.3, 0.4) is 0 Å². The lowest BCUT2D eigenvalue weighted by molar-refractivity contribution is -0.121. The van der Waals surface area contributed by atoms with E-state index in [4.69, 9.17) is 0 Å². The number of hydrogen-bond donors (Lipinski definition) is 2. The van der Waals surface area contributed by atoms with Gasteiger partial charge in [0.05, 0.1) is 24.9 Å². The SMILES string of the molecule is CCOC(=O)NNC(=O)Cc1cnn(-c2ccccc2)c1.